The van der Waals surface area contributed by atoms with Crippen LogP contribution in [0.3, 0.4) is 0 Å². The van der Waals surface area contributed by atoms with Gasteiger partial charge in [-0.3, -0.25) is 0 Å². The van der Waals surface area contributed by atoms with Crippen molar-refractivity contribution < 1.29 is 17.9 Å². The van der Waals surface area contributed by atoms with Gasteiger partial charge in [0.05, 0.1) is 5.94 Å². The first-order chi connectivity index (χ1) is 4.06. The summed E-state index contributed by atoms with van der Waals surface area (Å²) in [5, 5.41) is 0. The van der Waals surface area contributed by atoms with Crippen molar-refractivity contribution in [3.8, 4) is 0 Å². The Balaban J connectivity index is 3.07. The zero-order valence-corrected chi connectivity index (χ0v) is 5.68. The van der Waals surface area contributed by atoms with Gasteiger partial charge in [0, 0.05) is 0 Å². The molecule has 0 heterocycles. The van der Waals surface area contributed by atoms with Crippen molar-refractivity contribution in [2.45, 2.75) is 6.18 Å². The fraction of sp³-hybridized carbons (Fsp3) is 1.00. The van der Waals surface area contributed by atoms with Crippen LogP contribution in [0, 0.1) is 0 Å². The van der Waals surface area contributed by atoms with E-state index in [4.69, 9.17) is 0 Å². The number of halogens is 3. The molecule has 0 aliphatic heterocycles. The summed E-state index contributed by atoms with van der Waals surface area (Å²) < 4.78 is 37.9. The molecule has 1 nitrogen and oxygen atoms in total. The lowest BCUT2D eigenvalue weighted by molar-refractivity contribution is -0.168. The second kappa shape index (κ2) is 4.00. The normalized spacial score (nSPS) is 12.0. The summed E-state index contributed by atoms with van der Waals surface area (Å²) in [7, 11) is 0. The SMILES string of the molecule is CSCOCC(F)(F)F. The molecule has 0 saturated carbocycles. The van der Waals surface area contributed by atoms with Crippen LogP contribution in [0.5, 0.6) is 0 Å². The lowest BCUT2D eigenvalue weighted by atomic mass is 10.7. The molecule has 0 unspecified atom stereocenters. The van der Waals surface area contributed by atoms with Gasteiger partial charge in [-0.2, -0.15) is 13.2 Å². The van der Waals surface area contributed by atoms with E-state index >= 15 is 0 Å². The number of hydrogen-bond donors (Lipinski definition) is 0. The Morgan fingerprint density at radius 3 is 2.33 bits per heavy atom. The maximum Gasteiger partial charge on any atom is 0.411 e. The molecule has 9 heavy (non-hydrogen) atoms. The van der Waals surface area contributed by atoms with E-state index in [2.05, 4.69) is 4.74 Å². The van der Waals surface area contributed by atoms with Gasteiger partial charge in [-0.15, -0.1) is 11.8 Å². The Kier molecular flexibility index (Phi) is 4.05. The molecule has 0 aromatic rings. The Bertz CT molecular complexity index is 72.7. The van der Waals surface area contributed by atoms with Gasteiger partial charge in [-0.1, -0.05) is 0 Å². The molecule has 0 rings (SSSR count). The Labute approximate surface area is 55.6 Å². The summed E-state index contributed by atoms with van der Waals surface area (Å²) in [6.45, 7) is -1.14. The molecule has 0 aromatic heterocycles. The predicted molar refractivity (Wildman–Crippen MR) is 30.4 cm³/mol. The van der Waals surface area contributed by atoms with Gasteiger partial charge in [0.1, 0.15) is 6.61 Å². The van der Waals surface area contributed by atoms with Crippen LogP contribution in [0.4, 0.5) is 13.2 Å². The van der Waals surface area contributed by atoms with Crippen molar-refractivity contribution in [3.05, 3.63) is 0 Å². The molecule has 0 bridgehead atoms. The van der Waals surface area contributed by atoms with Crippen LogP contribution in [0.2, 0.25) is 0 Å². The fourth-order valence-electron chi connectivity index (χ4n) is 0.241. The highest BCUT2D eigenvalue weighted by Gasteiger charge is 2.26. The minimum atomic E-state index is -4.18. The van der Waals surface area contributed by atoms with Crippen LogP contribution in [-0.2, 0) is 4.74 Å². The highest BCUT2D eigenvalue weighted by Crippen LogP contribution is 2.14. The minimum absolute atomic E-state index is 0.0967. The number of hydrogen-bond acceptors (Lipinski definition) is 2. The second-order valence-corrected chi connectivity index (χ2v) is 2.18. The molecule has 0 aliphatic carbocycles. The summed E-state index contributed by atoms with van der Waals surface area (Å²) in [6, 6.07) is 0. The van der Waals surface area contributed by atoms with E-state index in [0.29, 0.717) is 0 Å². The molecule has 56 valence electrons. The molecule has 0 amide bonds. The first-order valence-electron chi connectivity index (χ1n) is 2.19. The van der Waals surface area contributed by atoms with Gasteiger partial charge in [-0.25, -0.2) is 0 Å². The molecular formula is C4H7F3OS. The smallest absolute Gasteiger partial charge is 0.361 e. The topological polar surface area (TPSA) is 9.23 Å². The predicted octanol–water partition coefficient (Wildman–Crippen LogP) is 1.89. The lowest BCUT2D eigenvalue weighted by Gasteiger charge is -2.04. The summed E-state index contributed by atoms with van der Waals surface area (Å²) >= 11 is 1.22. The van der Waals surface area contributed by atoms with E-state index in [1.807, 2.05) is 0 Å². The molecule has 0 spiro atoms. The molecule has 0 radical (unpaired) electrons. The third-order valence-electron chi connectivity index (χ3n) is 0.467. The largest absolute Gasteiger partial charge is 0.411 e. The average molecular weight is 160 g/mol. The second-order valence-electron chi connectivity index (χ2n) is 1.37. The lowest BCUT2D eigenvalue weighted by Crippen LogP contribution is -2.16. The monoisotopic (exact) mass is 160 g/mol. The Hall–Kier alpha value is 0.100. The van der Waals surface area contributed by atoms with Gasteiger partial charge in [0.2, 0.25) is 0 Å². The van der Waals surface area contributed by atoms with Crippen LogP contribution < -0.4 is 0 Å². The molecule has 0 atom stereocenters. The van der Waals surface area contributed by atoms with Crippen molar-refractivity contribution >= 4 is 11.8 Å². The molecule has 5 heteroatoms. The summed E-state index contributed by atoms with van der Waals surface area (Å²) in [5.41, 5.74) is 0. The zero-order chi connectivity index (χ0) is 7.33. The fourth-order valence-corrected chi connectivity index (χ4v) is 0.491. The standard InChI is InChI=1S/C4H7F3OS/c1-9-3-8-2-4(5,6)7/h2-3H2,1H3. The summed E-state index contributed by atoms with van der Waals surface area (Å²) in [4.78, 5) is 0. The third-order valence-corrected chi connectivity index (χ3v) is 0.869. The van der Waals surface area contributed by atoms with Crippen LogP contribution >= 0.6 is 11.8 Å². The van der Waals surface area contributed by atoms with E-state index in [-0.39, 0.29) is 5.94 Å². The van der Waals surface area contributed by atoms with Crippen molar-refractivity contribution in [2.75, 3.05) is 18.8 Å². The van der Waals surface area contributed by atoms with E-state index in [0.717, 1.165) is 0 Å². The van der Waals surface area contributed by atoms with Crippen LogP contribution in [0.15, 0.2) is 0 Å². The molecule has 0 aliphatic rings. The van der Waals surface area contributed by atoms with Gasteiger partial charge in [0.15, 0.2) is 0 Å². The number of alkyl halides is 3. The molecule has 0 N–H and O–H groups in total. The first kappa shape index (κ1) is 9.10. The molecule has 0 saturated heterocycles. The van der Waals surface area contributed by atoms with Gasteiger partial charge >= 0.3 is 6.18 Å². The van der Waals surface area contributed by atoms with Crippen LogP contribution in [0.25, 0.3) is 0 Å². The van der Waals surface area contributed by atoms with Crippen molar-refractivity contribution in [1.29, 1.82) is 0 Å². The molecule has 0 aromatic carbocycles. The Morgan fingerprint density at radius 2 is 2.00 bits per heavy atom. The van der Waals surface area contributed by atoms with E-state index < -0.39 is 12.8 Å². The van der Waals surface area contributed by atoms with Gasteiger partial charge in [0.25, 0.3) is 0 Å². The third kappa shape index (κ3) is 8.10. The number of ether oxygens (including phenoxy) is 1. The minimum Gasteiger partial charge on any atom is -0.361 e. The van der Waals surface area contributed by atoms with Gasteiger partial charge < -0.3 is 4.74 Å². The van der Waals surface area contributed by atoms with E-state index in [1.54, 1.807) is 6.26 Å². The highest BCUT2D eigenvalue weighted by molar-refractivity contribution is 7.98. The van der Waals surface area contributed by atoms with E-state index in [1.165, 1.54) is 11.8 Å². The Morgan fingerprint density at radius 1 is 1.44 bits per heavy atom. The quantitative estimate of drug-likeness (QED) is 0.460. The number of thioether (sulfide) groups is 1. The maximum atomic E-state index is 11.2. The summed E-state index contributed by atoms with van der Waals surface area (Å²) in [6.07, 6.45) is -2.51. The number of rotatable bonds is 3. The highest BCUT2D eigenvalue weighted by atomic mass is 32.2. The average Bonchev–Trinajstić information content (AvgIpc) is 1.63. The molecular weight excluding hydrogens is 153 g/mol. The molecule has 0 fully saturated rings. The van der Waals surface area contributed by atoms with Crippen LogP contribution in [0.1, 0.15) is 0 Å². The zero-order valence-electron chi connectivity index (χ0n) is 4.86. The van der Waals surface area contributed by atoms with E-state index in [9.17, 15) is 13.2 Å². The maximum absolute atomic E-state index is 11.2. The van der Waals surface area contributed by atoms with Gasteiger partial charge in [-0.05, 0) is 6.26 Å². The van der Waals surface area contributed by atoms with Crippen molar-refractivity contribution in [3.63, 3.8) is 0 Å². The first-order valence-corrected chi connectivity index (χ1v) is 3.59. The van der Waals surface area contributed by atoms with Crippen molar-refractivity contribution in [2.24, 2.45) is 0 Å². The van der Waals surface area contributed by atoms with Crippen molar-refractivity contribution in [1.82, 2.24) is 0 Å². The van der Waals surface area contributed by atoms with Crippen LogP contribution in [-0.4, -0.2) is 25.0 Å². The summed E-state index contributed by atoms with van der Waals surface area (Å²) in [5.74, 6) is 0.0967.